The molecule has 2 rings (SSSR count). The van der Waals surface area contributed by atoms with Crippen LogP contribution < -0.4 is 15.1 Å². The molecule has 0 spiro atoms. The first-order valence-electron chi connectivity index (χ1n) is 6.52. The fourth-order valence-corrected chi connectivity index (χ4v) is 1.92. The summed E-state index contributed by atoms with van der Waals surface area (Å²) in [5, 5.41) is 18.3. The van der Waals surface area contributed by atoms with E-state index in [0.29, 0.717) is 23.0 Å². The zero-order valence-electron chi connectivity index (χ0n) is 12.3. The Morgan fingerprint density at radius 1 is 1.33 bits per heavy atom. The normalized spacial score (nSPS) is 10.0. The molecule has 1 N–H and O–H groups in total. The monoisotopic (exact) mass is 281 g/mol. The Kier molecular flexibility index (Phi) is 4.46. The van der Waals surface area contributed by atoms with Gasteiger partial charge in [0.05, 0.1) is 12.2 Å². The van der Waals surface area contributed by atoms with Crippen molar-refractivity contribution in [2.45, 2.75) is 6.61 Å². The molecule has 0 saturated carbocycles. The lowest BCUT2D eigenvalue weighted by atomic mass is 9.91. The van der Waals surface area contributed by atoms with Gasteiger partial charge in [-0.25, -0.2) is 0 Å². The van der Waals surface area contributed by atoms with Crippen LogP contribution in [0.1, 0.15) is 11.1 Å². The van der Waals surface area contributed by atoms with Crippen LogP contribution in [-0.4, -0.2) is 32.0 Å². The summed E-state index contributed by atoms with van der Waals surface area (Å²) in [6, 6.07) is 10.9. The molecule has 0 unspecified atom stereocenters. The maximum absolute atomic E-state index is 9.28. The molecule has 1 aromatic heterocycles. The number of aromatic nitrogens is 1. The second-order valence-electron chi connectivity index (χ2n) is 4.88. The summed E-state index contributed by atoms with van der Waals surface area (Å²) < 4.78 is 5.71. The molecule has 6 heteroatoms. The van der Waals surface area contributed by atoms with Crippen molar-refractivity contribution in [2.24, 2.45) is 0 Å². The average molecular weight is 281 g/mol. The lowest BCUT2D eigenvalue weighted by Gasteiger charge is -2.14. The molecule has 0 fully saturated rings. The van der Waals surface area contributed by atoms with Crippen molar-refractivity contribution >= 4 is 19.1 Å². The smallest absolute Gasteiger partial charge is 0.221 e. The molecular weight excluding hydrogens is 265 g/mol. The first-order valence-corrected chi connectivity index (χ1v) is 6.52. The second-order valence-corrected chi connectivity index (χ2v) is 4.88. The van der Waals surface area contributed by atoms with Crippen molar-refractivity contribution in [3.63, 3.8) is 0 Å². The van der Waals surface area contributed by atoms with Crippen molar-refractivity contribution in [1.29, 1.82) is 5.26 Å². The molecule has 0 atom stereocenters. The molecule has 0 radical (unpaired) electrons. The Labute approximate surface area is 124 Å². The van der Waals surface area contributed by atoms with Gasteiger partial charge in [-0.2, -0.15) is 10.2 Å². The summed E-state index contributed by atoms with van der Waals surface area (Å²) in [7, 11) is 5.57. The molecule has 2 aromatic rings. The number of rotatable bonds is 4. The third-order valence-electron chi connectivity index (χ3n) is 3.11. The Morgan fingerprint density at radius 2 is 2.10 bits per heavy atom. The van der Waals surface area contributed by atoms with Gasteiger partial charge in [-0.15, -0.1) is 0 Å². The number of aliphatic hydroxyl groups is 1. The van der Waals surface area contributed by atoms with Crippen LogP contribution in [0.4, 0.5) is 5.82 Å². The summed E-state index contributed by atoms with van der Waals surface area (Å²) in [5.74, 6) is 1.57. The van der Waals surface area contributed by atoms with Crippen LogP contribution in [0.2, 0.25) is 0 Å². The van der Waals surface area contributed by atoms with Crippen molar-refractivity contribution in [3.8, 4) is 17.7 Å². The van der Waals surface area contributed by atoms with E-state index < -0.39 is 0 Å². The van der Waals surface area contributed by atoms with E-state index in [2.05, 4.69) is 11.1 Å². The number of ether oxygens (including phenoxy) is 1. The predicted octanol–water partition coefficient (Wildman–Crippen LogP) is 0.562. The van der Waals surface area contributed by atoms with Gasteiger partial charge >= 0.3 is 0 Å². The van der Waals surface area contributed by atoms with Crippen LogP contribution in [-0.2, 0) is 6.61 Å². The quantitative estimate of drug-likeness (QED) is 0.829. The van der Waals surface area contributed by atoms with Crippen LogP contribution in [0, 0.1) is 11.3 Å². The molecule has 0 saturated heterocycles. The van der Waals surface area contributed by atoms with Crippen LogP contribution in [0.25, 0.3) is 0 Å². The number of nitrogens with zero attached hydrogens (tertiary/aromatic N) is 3. The molecule has 0 bridgehead atoms. The Morgan fingerprint density at radius 3 is 2.71 bits per heavy atom. The summed E-state index contributed by atoms with van der Waals surface area (Å²) in [6.07, 6.45) is 0. The van der Waals surface area contributed by atoms with Gasteiger partial charge in [0, 0.05) is 20.2 Å². The number of anilines is 1. The molecular formula is C15H16BN3O2. The van der Waals surface area contributed by atoms with Crippen molar-refractivity contribution < 1.29 is 9.84 Å². The van der Waals surface area contributed by atoms with Gasteiger partial charge < -0.3 is 14.7 Å². The fraction of sp³-hybridized carbons (Fsp3) is 0.200. The van der Waals surface area contributed by atoms with Gasteiger partial charge in [-0.05, 0) is 23.8 Å². The van der Waals surface area contributed by atoms with Crippen molar-refractivity contribution in [1.82, 2.24) is 4.98 Å². The average Bonchev–Trinajstić information content (AvgIpc) is 2.49. The van der Waals surface area contributed by atoms with Gasteiger partial charge in [0.25, 0.3) is 0 Å². The van der Waals surface area contributed by atoms with E-state index >= 15 is 0 Å². The summed E-state index contributed by atoms with van der Waals surface area (Å²) >= 11 is 0. The zero-order valence-corrected chi connectivity index (χ0v) is 12.3. The molecule has 106 valence electrons. The lowest BCUT2D eigenvalue weighted by Crippen LogP contribution is -2.13. The number of pyridine rings is 1. The molecule has 1 aromatic carbocycles. The highest BCUT2D eigenvalue weighted by Gasteiger charge is 2.09. The van der Waals surface area contributed by atoms with E-state index in [1.807, 2.05) is 34.1 Å². The Balaban J connectivity index is 2.32. The number of nitriles is 1. The van der Waals surface area contributed by atoms with Gasteiger partial charge in [-0.3, -0.25) is 0 Å². The van der Waals surface area contributed by atoms with E-state index in [0.717, 1.165) is 11.0 Å². The largest absolute Gasteiger partial charge is 0.439 e. The summed E-state index contributed by atoms with van der Waals surface area (Å²) in [5.41, 5.74) is 2.31. The molecule has 21 heavy (non-hydrogen) atoms. The zero-order chi connectivity index (χ0) is 15.4. The lowest BCUT2D eigenvalue weighted by molar-refractivity contribution is 0.282. The van der Waals surface area contributed by atoms with Crippen LogP contribution in [0.15, 0.2) is 30.3 Å². The maximum Gasteiger partial charge on any atom is 0.221 e. The minimum absolute atomic E-state index is 0.0349. The Hall–Kier alpha value is -2.52. The third kappa shape index (κ3) is 3.33. The maximum atomic E-state index is 9.28. The summed E-state index contributed by atoms with van der Waals surface area (Å²) in [4.78, 5) is 6.10. The second kappa shape index (κ2) is 6.29. The highest BCUT2D eigenvalue weighted by atomic mass is 16.5. The summed E-state index contributed by atoms with van der Waals surface area (Å²) in [6.45, 7) is -0.0349. The van der Waals surface area contributed by atoms with E-state index in [-0.39, 0.29) is 6.61 Å². The van der Waals surface area contributed by atoms with Crippen LogP contribution in [0.3, 0.4) is 0 Å². The number of hydrogen-bond donors (Lipinski definition) is 1. The number of benzene rings is 1. The molecule has 0 aliphatic rings. The molecule has 0 amide bonds. The highest BCUT2D eigenvalue weighted by molar-refractivity contribution is 6.33. The minimum atomic E-state index is -0.0349. The SMILES string of the molecule is Bc1ccc(Oc2ccc(C#N)c(N(C)C)n2)cc1CO. The first-order chi connectivity index (χ1) is 10.0. The van der Waals surface area contributed by atoms with Crippen molar-refractivity contribution in [2.75, 3.05) is 19.0 Å². The topological polar surface area (TPSA) is 69.4 Å². The minimum Gasteiger partial charge on any atom is -0.439 e. The van der Waals surface area contributed by atoms with E-state index in [1.165, 1.54) is 0 Å². The van der Waals surface area contributed by atoms with Crippen LogP contribution in [0.5, 0.6) is 11.6 Å². The first kappa shape index (κ1) is 14.9. The fourth-order valence-electron chi connectivity index (χ4n) is 1.92. The third-order valence-corrected chi connectivity index (χ3v) is 3.11. The Bertz CT molecular complexity index is 696. The standard InChI is InChI=1S/C15H16BN3O2/c1-19(2)15-10(8-17)3-6-14(18-15)21-12-4-5-13(16)11(7-12)9-20/h3-7,20H,9,16H2,1-2H3. The molecule has 0 aliphatic heterocycles. The van der Waals surface area contributed by atoms with E-state index in [9.17, 15) is 5.11 Å². The van der Waals surface area contributed by atoms with Crippen molar-refractivity contribution in [3.05, 3.63) is 41.5 Å². The van der Waals surface area contributed by atoms with Crippen LogP contribution >= 0.6 is 0 Å². The predicted molar refractivity (Wildman–Crippen MR) is 83.9 cm³/mol. The van der Waals surface area contributed by atoms with E-state index in [4.69, 9.17) is 10.00 Å². The van der Waals surface area contributed by atoms with Gasteiger partial charge in [0.1, 0.15) is 25.5 Å². The highest BCUT2D eigenvalue weighted by Crippen LogP contribution is 2.24. The molecule has 0 aliphatic carbocycles. The van der Waals surface area contributed by atoms with Gasteiger partial charge in [0.15, 0.2) is 0 Å². The molecule has 1 heterocycles. The number of hydrogen-bond acceptors (Lipinski definition) is 5. The number of aliphatic hydroxyl groups excluding tert-OH is 1. The van der Waals surface area contributed by atoms with E-state index in [1.54, 1.807) is 23.1 Å². The van der Waals surface area contributed by atoms with Gasteiger partial charge in [-0.1, -0.05) is 11.5 Å². The molecule has 5 nitrogen and oxygen atoms in total. The van der Waals surface area contributed by atoms with Gasteiger partial charge in [0.2, 0.25) is 5.88 Å².